The topological polar surface area (TPSA) is 77.7 Å². The van der Waals surface area contributed by atoms with Crippen LogP contribution in [0.5, 0.6) is 0 Å². The third kappa shape index (κ3) is 4.77. The van der Waals surface area contributed by atoms with Crippen LogP contribution in [0.1, 0.15) is 34.9 Å². The molecular formula is C29H34N4O3. The van der Waals surface area contributed by atoms with E-state index in [2.05, 4.69) is 27.3 Å². The summed E-state index contributed by atoms with van der Waals surface area (Å²) in [6.45, 7) is 5.77. The van der Waals surface area contributed by atoms with Gasteiger partial charge in [-0.15, -0.1) is 0 Å². The minimum Gasteiger partial charge on any atom is -0.381 e. The minimum absolute atomic E-state index is 0.000160. The van der Waals surface area contributed by atoms with Gasteiger partial charge in [0.05, 0.1) is 18.6 Å². The summed E-state index contributed by atoms with van der Waals surface area (Å²) in [6, 6.07) is 20.3. The predicted molar refractivity (Wildman–Crippen MR) is 138 cm³/mol. The van der Waals surface area contributed by atoms with Crippen molar-refractivity contribution in [1.82, 2.24) is 20.1 Å². The molecule has 3 aromatic rings. The van der Waals surface area contributed by atoms with Gasteiger partial charge in [0.1, 0.15) is 5.69 Å². The molecule has 6 rings (SSSR count). The molecule has 0 bridgehead atoms. The molecule has 4 atom stereocenters. The Kier molecular flexibility index (Phi) is 6.50. The molecule has 3 aliphatic rings. The molecule has 2 aromatic carbocycles. The summed E-state index contributed by atoms with van der Waals surface area (Å²) >= 11 is 0. The number of H-pyrrole nitrogens is 1. The van der Waals surface area contributed by atoms with Crippen molar-refractivity contribution in [1.29, 1.82) is 0 Å². The van der Waals surface area contributed by atoms with E-state index in [1.807, 2.05) is 53.4 Å². The van der Waals surface area contributed by atoms with E-state index in [1.54, 1.807) is 0 Å². The van der Waals surface area contributed by atoms with Gasteiger partial charge in [-0.3, -0.25) is 9.59 Å². The zero-order valence-electron chi connectivity index (χ0n) is 20.6. The minimum atomic E-state index is -0.0388. The highest BCUT2D eigenvalue weighted by Gasteiger charge is 2.42. The van der Waals surface area contributed by atoms with Crippen molar-refractivity contribution >= 4 is 22.7 Å². The fourth-order valence-electron chi connectivity index (χ4n) is 6.15. The van der Waals surface area contributed by atoms with E-state index in [9.17, 15) is 9.59 Å². The van der Waals surface area contributed by atoms with Gasteiger partial charge in [-0.2, -0.15) is 0 Å². The first-order chi connectivity index (χ1) is 17.6. The summed E-state index contributed by atoms with van der Waals surface area (Å²) in [6.07, 6.45) is 1.68. The summed E-state index contributed by atoms with van der Waals surface area (Å²) in [7, 11) is 0. The fourth-order valence-corrected chi connectivity index (χ4v) is 6.15. The number of benzene rings is 2. The molecule has 2 amide bonds. The lowest BCUT2D eigenvalue weighted by Gasteiger charge is -2.25. The van der Waals surface area contributed by atoms with E-state index in [0.717, 1.165) is 62.0 Å². The van der Waals surface area contributed by atoms with Gasteiger partial charge in [-0.05, 0) is 42.4 Å². The number of likely N-dealkylation sites (tertiary alicyclic amines) is 2. The normalized spacial score (nSPS) is 24.8. The zero-order valence-corrected chi connectivity index (χ0v) is 20.6. The van der Waals surface area contributed by atoms with E-state index >= 15 is 0 Å². The molecule has 0 radical (unpaired) electrons. The van der Waals surface area contributed by atoms with Crippen LogP contribution < -0.4 is 5.32 Å². The Balaban J connectivity index is 1.04. The van der Waals surface area contributed by atoms with Crippen molar-refractivity contribution in [2.45, 2.75) is 18.9 Å². The molecule has 0 saturated carbocycles. The number of hydrogen-bond acceptors (Lipinski definition) is 4. The second-order valence-electron chi connectivity index (χ2n) is 10.6. The van der Waals surface area contributed by atoms with Crippen molar-refractivity contribution in [2.24, 2.45) is 17.8 Å². The maximum Gasteiger partial charge on any atom is 0.270 e. The molecule has 2 N–H and O–H groups in total. The van der Waals surface area contributed by atoms with E-state index < -0.39 is 0 Å². The summed E-state index contributed by atoms with van der Waals surface area (Å²) < 4.78 is 5.42. The van der Waals surface area contributed by atoms with Crippen molar-refractivity contribution < 1.29 is 14.3 Å². The SMILES string of the molecule is O=C(N[C@@H](CCN1CC2CN(C(=O)c3cc4ccccc4[nH]3)CC2C1)c1ccccc1)C1CCOC1. The number of aromatic nitrogens is 1. The van der Waals surface area contributed by atoms with Gasteiger partial charge in [-0.1, -0.05) is 48.5 Å². The zero-order chi connectivity index (χ0) is 24.5. The standard InChI is InChI=1S/C29H34N4O3/c34-28(22-11-13-36-19-22)31-26(20-6-2-1-3-7-20)10-12-32-15-23-17-33(18-24(23)16-32)29(35)27-14-21-8-4-5-9-25(21)30-27/h1-9,14,22-24,26,30H,10-13,15-19H2,(H,31,34)/t22?,23?,24?,26-/m0/s1. The third-order valence-electron chi connectivity index (χ3n) is 8.16. The summed E-state index contributed by atoms with van der Waals surface area (Å²) in [5.74, 6) is 1.20. The maximum atomic E-state index is 13.1. The lowest BCUT2D eigenvalue weighted by atomic mass is 10.0. The number of fused-ring (bicyclic) bond motifs is 2. The highest BCUT2D eigenvalue weighted by atomic mass is 16.5. The van der Waals surface area contributed by atoms with Gasteiger partial charge in [0.2, 0.25) is 5.91 Å². The average Bonchev–Trinajstić information content (AvgIpc) is 3.69. The number of nitrogens with one attached hydrogen (secondary N) is 2. The highest BCUT2D eigenvalue weighted by molar-refractivity contribution is 5.98. The lowest BCUT2D eigenvalue weighted by molar-refractivity contribution is -0.125. The van der Waals surface area contributed by atoms with Crippen LogP contribution in [0.25, 0.3) is 10.9 Å². The molecule has 3 aliphatic heterocycles. The molecular weight excluding hydrogens is 452 g/mol. The van der Waals surface area contributed by atoms with E-state index in [-0.39, 0.29) is 23.8 Å². The number of aromatic amines is 1. The molecule has 3 saturated heterocycles. The lowest BCUT2D eigenvalue weighted by Crippen LogP contribution is -2.37. The number of rotatable bonds is 7. The Morgan fingerprint density at radius 2 is 1.75 bits per heavy atom. The third-order valence-corrected chi connectivity index (χ3v) is 8.16. The smallest absolute Gasteiger partial charge is 0.270 e. The van der Waals surface area contributed by atoms with E-state index in [1.165, 1.54) is 0 Å². The van der Waals surface area contributed by atoms with Crippen molar-refractivity contribution in [3.8, 4) is 0 Å². The van der Waals surface area contributed by atoms with Crippen molar-refractivity contribution in [3.05, 3.63) is 71.9 Å². The molecule has 0 spiro atoms. The first-order valence-electron chi connectivity index (χ1n) is 13.2. The van der Waals surface area contributed by atoms with Crippen LogP contribution in [-0.2, 0) is 9.53 Å². The van der Waals surface area contributed by atoms with Crippen LogP contribution >= 0.6 is 0 Å². The largest absolute Gasteiger partial charge is 0.381 e. The summed E-state index contributed by atoms with van der Waals surface area (Å²) in [5, 5.41) is 4.37. The molecule has 4 heterocycles. The number of carbonyl (C=O) groups excluding carboxylic acids is 2. The second kappa shape index (κ2) is 10.1. The van der Waals surface area contributed by atoms with Gasteiger partial charge in [-0.25, -0.2) is 0 Å². The Labute approximate surface area is 211 Å². The maximum absolute atomic E-state index is 13.1. The highest BCUT2D eigenvalue weighted by Crippen LogP contribution is 2.33. The Morgan fingerprint density at radius 1 is 1.00 bits per heavy atom. The monoisotopic (exact) mass is 486 g/mol. The molecule has 1 aromatic heterocycles. The van der Waals surface area contributed by atoms with Crippen LogP contribution in [0.15, 0.2) is 60.7 Å². The quantitative estimate of drug-likeness (QED) is 0.536. The number of carbonyl (C=O) groups is 2. The van der Waals surface area contributed by atoms with Crippen LogP contribution in [0.4, 0.5) is 0 Å². The first-order valence-corrected chi connectivity index (χ1v) is 13.2. The molecule has 3 unspecified atom stereocenters. The Morgan fingerprint density at radius 3 is 2.47 bits per heavy atom. The van der Waals surface area contributed by atoms with Gasteiger partial charge < -0.3 is 24.8 Å². The molecule has 7 heteroatoms. The molecule has 36 heavy (non-hydrogen) atoms. The van der Waals surface area contributed by atoms with Crippen LogP contribution in [0.3, 0.4) is 0 Å². The molecule has 3 fully saturated rings. The van der Waals surface area contributed by atoms with Crippen molar-refractivity contribution in [2.75, 3.05) is 45.9 Å². The van der Waals surface area contributed by atoms with Crippen molar-refractivity contribution in [3.63, 3.8) is 0 Å². The number of ether oxygens (including phenoxy) is 1. The van der Waals surface area contributed by atoms with Gasteiger partial charge >= 0.3 is 0 Å². The molecule has 188 valence electrons. The van der Waals surface area contributed by atoms with E-state index in [0.29, 0.717) is 30.7 Å². The summed E-state index contributed by atoms with van der Waals surface area (Å²) in [5.41, 5.74) is 2.84. The van der Waals surface area contributed by atoms with Crippen LogP contribution in [-0.4, -0.2) is 72.5 Å². The number of hydrogen-bond donors (Lipinski definition) is 2. The summed E-state index contributed by atoms with van der Waals surface area (Å²) in [4.78, 5) is 33.8. The van der Waals surface area contributed by atoms with E-state index in [4.69, 9.17) is 4.74 Å². The van der Waals surface area contributed by atoms with Crippen LogP contribution in [0, 0.1) is 17.8 Å². The number of para-hydroxylation sites is 1. The number of nitrogens with zero attached hydrogens (tertiary/aromatic N) is 2. The van der Waals surface area contributed by atoms with Crippen LogP contribution in [0.2, 0.25) is 0 Å². The Hall–Kier alpha value is -3.16. The van der Waals surface area contributed by atoms with Gasteiger partial charge in [0.25, 0.3) is 5.91 Å². The van der Waals surface area contributed by atoms with Gasteiger partial charge in [0.15, 0.2) is 0 Å². The molecule has 0 aliphatic carbocycles. The second-order valence-corrected chi connectivity index (χ2v) is 10.6. The predicted octanol–water partition coefficient (Wildman–Crippen LogP) is 3.46. The average molecular weight is 487 g/mol. The Bertz CT molecular complexity index is 1170. The molecule has 7 nitrogen and oxygen atoms in total. The fraction of sp³-hybridized carbons (Fsp3) is 0.448. The first kappa shape index (κ1) is 23.3. The van der Waals surface area contributed by atoms with Gasteiger partial charge in [0, 0.05) is 50.2 Å². The number of amides is 2.